The van der Waals surface area contributed by atoms with E-state index in [0.29, 0.717) is 35.3 Å². The third-order valence-corrected chi connectivity index (χ3v) is 3.23. The minimum absolute atomic E-state index is 0.0114. The Balaban J connectivity index is 2.34. The lowest BCUT2D eigenvalue weighted by Crippen LogP contribution is -2.30. The molecule has 1 heterocycles. The van der Waals surface area contributed by atoms with Gasteiger partial charge in [0, 0.05) is 12.1 Å². The highest BCUT2D eigenvalue weighted by Gasteiger charge is 2.29. The number of carbonyl (C=O) groups is 1. The molecule has 20 heavy (non-hydrogen) atoms. The van der Waals surface area contributed by atoms with Gasteiger partial charge in [-0.2, -0.15) is 0 Å². The van der Waals surface area contributed by atoms with Gasteiger partial charge in [0.15, 0.2) is 16.6 Å². The van der Waals surface area contributed by atoms with Crippen LogP contribution in [0.25, 0.3) is 6.08 Å². The Morgan fingerprint density at radius 2 is 2.20 bits per heavy atom. The topological polar surface area (TPSA) is 61.8 Å². The second kappa shape index (κ2) is 5.92. The van der Waals surface area contributed by atoms with E-state index in [1.54, 1.807) is 24.3 Å². The number of hydrogen-bond donors (Lipinski definition) is 2. The molecule has 5 nitrogen and oxygen atoms in total. The number of nitrogens with zero attached hydrogens (tertiary/aromatic N) is 1. The van der Waals surface area contributed by atoms with Gasteiger partial charge in [-0.3, -0.25) is 9.69 Å². The van der Waals surface area contributed by atoms with Crippen LogP contribution in [0.5, 0.6) is 11.5 Å². The van der Waals surface area contributed by atoms with Gasteiger partial charge in [0.25, 0.3) is 5.91 Å². The zero-order chi connectivity index (χ0) is 14.7. The lowest BCUT2D eigenvalue weighted by molar-refractivity contribution is -0.122. The Morgan fingerprint density at radius 3 is 2.80 bits per heavy atom. The lowest BCUT2D eigenvalue weighted by Gasteiger charge is -2.09. The molecule has 1 fully saturated rings. The molecular weight excluding hydrogens is 276 g/mol. The molecule has 106 valence electrons. The van der Waals surface area contributed by atoms with E-state index >= 15 is 0 Å². The summed E-state index contributed by atoms with van der Waals surface area (Å²) < 4.78 is 5.31. The highest BCUT2D eigenvalue weighted by molar-refractivity contribution is 7.80. The van der Waals surface area contributed by atoms with Crippen LogP contribution in [0.4, 0.5) is 0 Å². The molecule has 0 bridgehead atoms. The van der Waals surface area contributed by atoms with Crippen LogP contribution in [0.3, 0.4) is 0 Å². The van der Waals surface area contributed by atoms with Crippen molar-refractivity contribution in [3.63, 3.8) is 0 Å². The molecule has 0 aliphatic carbocycles. The van der Waals surface area contributed by atoms with Gasteiger partial charge in [0.2, 0.25) is 0 Å². The molecule has 1 aliphatic rings. The number of para-hydroxylation sites is 1. The summed E-state index contributed by atoms with van der Waals surface area (Å²) >= 11 is 5.08. The molecule has 2 rings (SSSR count). The van der Waals surface area contributed by atoms with E-state index < -0.39 is 0 Å². The molecule has 1 amide bonds. The summed E-state index contributed by atoms with van der Waals surface area (Å²) in [7, 11) is 0. The van der Waals surface area contributed by atoms with Crippen molar-refractivity contribution in [2.24, 2.45) is 0 Å². The number of hydrogen-bond acceptors (Lipinski definition) is 4. The van der Waals surface area contributed by atoms with Gasteiger partial charge in [-0.25, -0.2) is 0 Å². The van der Waals surface area contributed by atoms with Gasteiger partial charge in [0.05, 0.1) is 6.61 Å². The average molecular weight is 292 g/mol. The summed E-state index contributed by atoms with van der Waals surface area (Å²) in [5.74, 6) is 0.207. The third-order valence-electron chi connectivity index (χ3n) is 2.91. The largest absolute Gasteiger partial charge is 0.504 e. The highest BCUT2D eigenvalue weighted by atomic mass is 32.1. The number of phenols is 1. The summed E-state index contributed by atoms with van der Waals surface area (Å²) in [6.07, 6.45) is 1.57. The minimum atomic E-state index is -0.196. The van der Waals surface area contributed by atoms with Crippen LogP contribution in [0.2, 0.25) is 0 Å². The van der Waals surface area contributed by atoms with Crippen LogP contribution in [-0.4, -0.2) is 34.2 Å². The van der Waals surface area contributed by atoms with Crippen LogP contribution in [0, 0.1) is 0 Å². The molecule has 1 aromatic carbocycles. The number of rotatable bonds is 4. The standard InChI is InChI=1S/C14H16N2O3S/c1-3-16-13(18)10(15-14(16)20)8-9-6-5-7-11(12(9)17)19-4-2/h5-8,17H,3-4H2,1-2H3,(H,15,20)/b10-8+. The van der Waals surface area contributed by atoms with Crippen molar-refractivity contribution in [2.75, 3.05) is 13.2 Å². The quantitative estimate of drug-likeness (QED) is 0.655. The monoisotopic (exact) mass is 292 g/mol. The van der Waals surface area contributed by atoms with Gasteiger partial charge in [-0.15, -0.1) is 0 Å². The molecule has 0 saturated carbocycles. The first-order valence-corrected chi connectivity index (χ1v) is 6.78. The molecule has 2 N–H and O–H groups in total. The number of phenolic OH excluding ortho intramolecular Hbond substituents is 1. The SMILES string of the molecule is CCOc1cccc(/C=C2/NC(=S)N(CC)C2=O)c1O. The fourth-order valence-corrected chi connectivity index (χ4v) is 2.26. The Morgan fingerprint density at radius 1 is 1.45 bits per heavy atom. The van der Waals surface area contributed by atoms with E-state index in [9.17, 15) is 9.90 Å². The Labute approximate surface area is 122 Å². The zero-order valence-electron chi connectivity index (χ0n) is 11.3. The van der Waals surface area contributed by atoms with Crippen molar-refractivity contribution in [1.29, 1.82) is 0 Å². The highest BCUT2D eigenvalue weighted by Crippen LogP contribution is 2.31. The predicted molar refractivity (Wildman–Crippen MR) is 80.4 cm³/mol. The molecular formula is C14H16N2O3S. The number of thiocarbonyl (C=S) groups is 1. The predicted octanol–water partition coefficient (Wildman–Crippen LogP) is 1.87. The van der Waals surface area contributed by atoms with Crippen LogP contribution in [0.1, 0.15) is 19.4 Å². The first-order valence-electron chi connectivity index (χ1n) is 6.37. The average Bonchev–Trinajstić information content (AvgIpc) is 2.69. The summed E-state index contributed by atoms with van der Waals surface area (Å²) in [6, 6.07) is 5.14. The molecule has 0 unspecified atom stereocenters. The number of amides is 1. The van der Waals surface area contributed by atoms with E-state index in [4.69, 9.17) is 17.0 Å². The normalized spacial score (nSPS) is 16.7. The number of nitrogens with one attached hydrogen (secondary N) is 1. The smallest absolute Gasteiger partial charge is 0.276 e. The van der Waals surface area contributed by atoms with E-state index in [1.165, 1.54) is 4.90 Å². The van der Waals surface area contributed by atoms with Crippen LogP contribution in [-0.2, 0) is 4.79 Å². The molecule has 1 aromatic rings. The van der Waals surface area contributed by atoms with E-state index in [-0.39, 0.29) is 11.7 Å². The molecule has 0 radical (unpaired) electrons. The Kier molecular flexibility index (Phi) is 4.24. The summed E-state index contributed by atoms with van der Waals surface area (Å²) in [4.78, 5) is 13.5. The van der Waals surface area contributed by atoms with Crippen molar-refractivity contribution in [3.8, 4) is 11.5 Å². The Hall–Kier alpha value is -2.08. The summed E-state index contributed by atoms with van der Waals surface area (Å²) in [5, 5.41) is 13.3. The molecule has 6 heteroatoms. The molecule has 0 aromatic heterocycles. The number of ether oxygens (including phenoxy) is 1. The third kappa shape index (κ3) is 2.60. The zero-order valence-corrected chi connectivity index (χ0v) is 12.2. The fourth-order valence-electron chi connectivity index (χ4n) is 1.94. The first-order chi connectivity index (χ1) is 9.58. The maximum atomic E-state index is 12.1. The van der Waals surface area contributed by atoms with E-state index in [2.05, 4.69) is 5.32 Å². The lowest BCUT2D eigenvalue weighted by atomic mass is 10.1. The van der Waals surface area contributed by atoms with Gasteiger partial charge in [-0.1, -0.05) is 12.1 Å². The summed E-state index contributed by atoms with van der Waals surface area (Å²) in [5.41, 5.74) is 0.855. The molecule has 0 atom stereocenters. The number of benzene rings is 1. The van der Waals surface area contributed by atoms with Gasteiger partial charge in [0.1, 0.15) is 5.70 Å². The van der Waals surface area contributed by atoms with Gasteiger partial charge >= 0.3 is 0 Å². The molecule has 0 spiro atoms. The van der Waals surface area contributed by atoms with Crippen molar-refractivity contribution >= 4 is 29.3 Å². The second-order valence-electron chi connectivity index (χ2n) is 4.16. The van der Waals surface area contributed by atoms with E-state index in [0.717, 1.165) is 0 Å². The van der Waals surface area contributed by atoms with Crippen molar-refractivity contribution in [2.45, 2.75) is 13.8 Å². The minimum Gasteiger partial charge on any atom is -0.504 e. The van der Waals surface area contributed by atoms with Crippen LogP contribution < -0.4 is 10.1 Å². The van der Waals surface area contributed by atoms with Crippen molar-refractivity contribution in [1.82, 2.24) is 10.2 Å². The van der Waals surface area contributed by atoms with Crippen LogP contribution >= 0.6 is 12.2 Å². The number of carbonyl (C=O) groups excluding carboxylic acids is 1. The number of likely N-dealkylation sites (N-methyl/N-ethyl adjacent to an activating group) is 1. The van der Waals surface area contributed by atoms with Crippen LogP contribution in [0.15, 0.2) is 23.9 Å². The van der Waals surface area contributed by atoms with Crippen molar-refractivity contribution < 1.29 is 14.6 Å². The number of aromatic hydroxyl groups is 1. The fraction of sp³-hybridized carbons (Fsp3) is 0.286. The first kappa shape index (κ1) is 14.3. The van der Waals surface area contributed by atoms with E-state index in [1.807, 2.05) is 13.8 Å². The maximum absolute atomic E-state index is 12.1. The Bertz CT molecular complexity index is 584. The molecule has 1 saturated heterocycles. The summed E-state index contributed by atoms with van der Waals surface area (Å²) in [6.45, 7) is 4.65. The maximum Gasteiger partial charge on any atom is 0.276 e. The van der Waals surface area contributed by atoms with Crippen molar-refractivity contribution in [3.05, 3.63) is 29.5 Å². The van der Waals surface area contributed by atoms with Gasteiger partial charge < -0.3 is 15.2 Å². The van der Waals surface area contributed by atoms with Gasteiger partial charge in [-0.05, 0) is 38.2 Å². The molecule has 1 aliphatic heterocycles. The second-order valence-corrected chi connectivity index (χ2v) is 4.55.